The molecule has 1 aromatic heterocycles. The largest absolute Gasteiger partial charge is 0.348 e. The molecule has 0 atom stereocenters. The second kappa shape index (κ2) is 9.15. The number of carbonyl (C=O) groups is 1. The molecule has 0 spiro atoms. The third kappa shape index (κ3) is 5.05. The Morgan fingerprint density at radius 2 is 1.92 bits per heavy atom. The van der Waals surface area contributed by atoms with E-state index < -0.39 is 0 Å². The van der Waals surface area contributed by atoms with Crippen LogP contribution < -0.4 is 5.32 Å². The maximum absolute atomic E-state index is 12.3. The highest BCUT2D eigenvalue weighted by Gasteiger charge is 2.18. The number of amides is 1. The molecule has 0 unspecified atom stereocenters. The lowest BCUT2D eigenvalue weighted by molar-refractivity contribution is 0.0950. The van der Waals surface area contributed by atoms with Crippen LogP contribution >= 0.6 is 11.6 Å². The Balaban J connectivity index is 1.62. The number of benzene rings is 1. The van der Waals surface area contributed by atoms with Gasteiger partial charge in [0.1, 0.15) is 5.15 Å². The molecule has 1 heterocycles. The minimum atomic E-state index is -0.135. The summed E-state index contributed by atoms with van der Waals surface area (Å²) >= 11 is 5.87. The second-order valence-corrected chi connectivity index (χ2v) is 7.41. The summed E-state index contributed by atoms with van der Waals surface area (Å²) in [7, 11) is 2.21. The topological polar surface area (TPSA) is 45.2 Å². The molecular weight excluding hydrogens is 346 g/mol. The van der Waals surface area contributed by atoms with E-state index in [1.54, 1.807) is 18.3 Å². The van der Waals surface area contributed by atoms with Crippen molar-refractivity contribution in [2.45, 2.75) is 51.2 Å². The highest BCUT2D eigenvalue weighted by atomic mass is 35.5. The van der Waals surface area contributed by atoms with Crippen molar-refractivity contribution in [3.8, 4) is 0 Å². The fourth-order valence-corrected chi connectivity index (χ4v) is 3.80. The predicted octanol–water partition coefficient (Wildman–Crippen LogP) is 4.43. The number of halogens is 1. The molecule has 1 aliphatic carbocycles. The van der Waals surface area contributed by atoms with Gasteiger partial charge in [-0.15, -0.1) is 0 Å². The molecule has 3 rings (SSSR count). The average Bonchev–Trinajstić information content (AvgIpc) is 2.67. The summed E-state index contributed by atoms with van der Waals surface area (Å²) in [5, 5.41) is 3.32. The van der Waals surface area contributed by atoms with Crippen LogP contribution in [-0.4, -0.2) is 28.9 Å². The Hall–Kier alpha value is -1.91. The van der Waals surface area contributed by atoms with Crippen molar-refractivity contribution in [1.82, 2.24) is 15.2 Å². The Labute approximate surface area is 160 Å². The Kier molecular flexibility index (Phi) is 6.64. The summed E-state index contributed by atoms with van der Waals surface area (Å²) in [5.74, 6) is -0.135. The van der Waals surface area contributed by atoms with Crippen molar-refractivity contribution in [1.29, 1.82) is 0 Å². The first kappa shape index (κ1) is 18.9. The molecule has 0 bridgehead atoms. The average molecular weight is 372 g/mol. The molecule has 4 nitrogen and oxygen atoms in total. The van der Waals surface area contributed by atoms with Crippen LogP contribution in [0.3, 0.4) is 0 Å². The van der Waals surface area contributed by atoms with E-state index in [0.29, 0.717) is 23.3 Å². The second-order valence-electron chi connectivity index (χ2n) is 7.03. The summed E-state index contributed by atoms with van der Waals surface area (Å²) in [6, 6.07) is 12.3. The zero-order valence-corrected chi connectivity index (χ0v) is 16.0. The van der Waals surface area contributed by atoms with Gasteiger partial charge >= 0.3 is 0 Å². The van der Waals surface area contributed by atoms with Crippen LogP contribution in [0.15, 0.2) is 42.6 Å². The van der Waals surface area contributed by atoms with Crippen molar-refractivity contribution >= 4 is 17.5 Å². The van der Waals surface area contributed by atoms with Gasteiger partial charge in [0.05, 0.1) is 0 Å². The molecule has 0 saturated heterocycles. The number of nitrogens with one attached hydrogen (secondary N) is 1. The molecule has 1 fully saturated rings. The van der Waals surface area contributed by atoms with Crippen LogP contribution in [0.2, 0.25) is 5.15 Å². The molecular formula is C21H26ClN3O. The number of pyridine rings is 1. The van der Waals surface area contributed by atoms with Gasteiger partial charge in [-0.05, 0) is 43.1 Å². The fourth-order valence-electron chi connectivity index (χ4n) is 3.63. The predicted molar refractivity (Wildman–Crippen MR) is 105 cm³/mol. The standard InChI is InChI=1S/C21H26ClN3O/c1-25(19-9-3-2-4-10-19)15-18-8-6-5-7-17(18)14-24-21(26)16-11-12-23-20(22)13-16/h5-8,11-13,19H,2-4,9-10,14-15H2,1H3,(H,24,26). The summed E-state index contributed by atoms with van der Waals surface area (Å²) in [5.41, 5.74) is 2.96. The SMILES string of the molecule is CN(Cc1ccccc1CNC(=O)c1ccnc(Cl)c1)C1CCCCC1. The number of aromatic nitrogens is 1. The maximum atomic E-state index is 12.3. The third-order valence-electron chi connectivity index (χ3n) is 5.16. The normalized spacial score (nSPS) is 15.2. The van der Waals surface area contributed by atoms with Crippen molar-refractivity contribution in [2.75, 3.05) is 7.05 Å². The van der Waals surface area contributed by atoms with E-state index in [4.69, 9.17) is 11.6 Å². The number of rotatable bonds is 6. The molecule has 0 aliphatic heterocycles. The van der Waals surface area contributed by atoms with Gasteiger partial charge in [0, 0.05) is 30.9 Å². The van der Waals surface area contributed by atoms with Gasteiger partial charge in [-0.3, -0.25) is 9.69 Å². The summed E-state index contributed by atoms with van der Waals surface area (Å²) in [6.45, 7) is 1.42. The molecule has 1 aromatic carbocycles. The number of hydrogen-bond acceptors (Lipinski definition) is 3. The molecule has 0 radical (unpaired) electrons. The molecule has 1 saturated carbocycles. The van der Waals surface area contributed by atoms with E-state index in [0.717, 1.165) is 12.1 Å². The minimum Gasteiger partial charge on any atom is -0.348 e. The van der Waals surface area contributed by atoms with E-state index in [-0.39, 0.29) is 5.91 Å². The molecule has 1 amide bonds. The molecule has 26 heavy (non-hydrogen) atoms. The fraction of sp³-hybridized carbons (Fsp3) is 0.429. The molecule has 1 N–H and O–H groups in total. The Bertz CT molecular complexity index is 744. The Morgan fingerprint density at radius 3 is 2.65 bits per heavy atom. The van der Waals surface area contributed by atoms with Crippen molar-refractivity contribution in [3.05, 3.63) is 64.4 Å². The summed E-state index contributed by atoms with van der Waals surface area (Å²) in [4.78, 5) is 18.7. The van der Waals surface area contributed by atoms with Gasteiger partial charge in [0.2, 0.25) is 0 Å². The van der Waals surface area contributed by atoms with Gasteiger partial charge in [0.25, 0.3) is 5.91 Å². The van der Waals surface area contributed by atoms with E-state index in [2.05, 4.69) is 40.4 Å². The lowest BCUT2D eigenvalue weighted by Crippen LogP contribution is -2.33. The van der Waals surface area contributed by atoms with Gasteiger partial charge in [-0.25, -0.2) is 4.98 Å². The van der Waals surface area contributed by atoms with Crippen LogP contribution in [0.5, 0.6) is 0 Å². The van der Waals surface area contributed by atoms with Gasteiger partial charge in [0.15, 0.2) is 0 Å². The molecule has 2 aromatic rings. The van der Waals surface area contributed by atoms with Crippen LogP contribution in [0, 0.1) is 0 Å². The van der Waals surface area contributed by atoms with Crippen LogP contribution in [-0.2, 0) is 13.1 Å². The van der Waals surface area contributed by atoms with Crippen LogP contribution in [0.25, 0.3) is 0 Å². The third-order valence-corrected chi connectivity index (χ3v) is 5.37. The minimum absolute atomic E-state index is 0.135. The van der Waals surface area contributed by atoms with Crippen LogP contribution in [0.1, 0.15) is 53.6 Å². The molecule has 5 heteroatoms. The highest BCUT2D eigenvalue weighted by molar-refractivity contribution is 6.29. The maximum Gasteiger partial charge on any atom is 0.251 e. The van der Waals surface area contributed by atoms with E-state index in [1.165, 1.54) is 37.7 Å². The van der Waals surface area contributed by atoms with Crippen molar-refractivity contribution in [3.63, 3.8) is 0 Å². The van der Waals surface area contributed by atoms with Crippen molar-refractivity contribution in [2.24, 2.45) is 0 Å². The van der Waals surface area contributed by atoms with E-state index >= 15 is 0 Å². The molecule has 138 valence electrons. The van der Waals surface area contributed by atoms with Crippen molar-refractivity contribution < 1.29 is 4.79 Å². The first-order valence-corrected chi connectivity index (χ1v) is 9.68. The zero-order chi connectivity index (χ0) is 18.4. The number of carbonyl (C=O) groups excluding carboxylic acids is 1. The van der Waals surface area contributed by atoms with E-state index in [9.17, 15) is 4.79 Å². The lowest BCUT2D eigenvalue weighted by atomic mass is 9.94. The van der Waals surface area contributed by atoms with Gasteiger partial charge in [-0.2, -0.15) is 0 Å². The zero-order valence-electron chi connectivity index (χ0n) is 15.2. The number of nitrogens with zero attached hydrogens (tertiary/aromatic N) is 2. The lowest BCUT2D eigenvalue weighted by Gasteiger charge is -2.31. The summed E-state index contributed by atoms with van der Waals surface area (Å²) < 4.78 is 0. The Morgan fingerprint density at radius 1 is 1.19 bits per heavy atom. The number of hydrogen-bond donors (Lipinski definition) is 1. The monoisotopic (exact) mass is 371 g/mol. The van der Waals surface area contributed by atoms with Crippen LogP contribution in [0.4, 0.5) is 0 Å². The first-order valence-electron chi connectivity index (χ1n) is 9.30. The van der Waals surface area contributed by atoms with Gasteiger partial charge in [-0.1, -0.05) is 55.1 Å². The summed E-state index contributed by atoms with van der Waals surface area (Å²) in [6.07, 6.45) is 8.16. The highest BCUT2D eigenvalue weighted by Crippen LogP contribution is 2.23. The first-order chi connectivity index (χ1) is 12.6. The smallest absolute Gasteiger partial charge is 0.251 e. The van der Waals surface area contributed by atoms with E-state index in [1.807, 2.05) is 6.07 Å². The quantitative estimate of drug-likeness (QED) is 0.764. The van der Waals surface area contributed by atoms with Gasteiger partial charge < -0.3 is 5.32 Å². The molecule has 1 aliphatic rings.